The number of pyridine rings is 1. The van der Waals surface area contributed by atoms with E-state index in [1.807, 2.05) is 0 Å². The second-order valence-electron chi connectivity index (χ2n) is 4.64. The Morgan fingerprint density at radius 3 is 2.78 bits per heavy atom. The summed E-state index contributed by atoms with van der Waals surface area (Å²) in [5, 5.41) is 9.07. The van der Waals surface area contributed by atoms with Crippen molar-refractivity contribution in [3.63, 3.8) is 0 Å². The number of aromatic nitrogens is 1. The zero-order valence-corrected chi connectivity index (χ0v) is 9.67. The SMILES string of the molecule is N#CC1CCCC1N1C(=O)c2ccncc2C1=O. The molecule has 3 rings (SSSR count). The molecule has 90 valence electrons. The number of hydrogen-bond acceptors (Lipinski definition) is 4. The summed E-state index contributed by atoms with van der Waals surface area (Å²) < 4.78 is 0. The predicted octanol–water partition coefficient (Wildman–Crippen LogP) is 1.37. The maximum absolute atomic E-state index is 12.2. The summed E-state index contributed by atoms with van der Waals surface area (Å²) >= 11 is 0. The van der Waals surface area contributed by atoms with Crippen LogP contribution in [0.5, 0.6) is 0 Å². The van der Waals surface area contributed by atoms with Gasteiger partial charge < -0.3 is 0 Å². The molecule has 0 bridgehead atoms. The number of carbonyl (C=O) groups is 2. The Morgan fingerprint density at radius 1 is 1.28 bits per heavy atom. The standard InChI is InChI=1S/C13H11N3O2/c14-6-8-2-1-3-11(8)16-12(17)9-4-5-15-7-10(9)13(16)18/h4-5,7-8,11H,1-3H2. The van der Waals surface area contributed by atoms with Crippen molar-refractivity contribution in [2.75, 3.05) is 0 Å². The van der Waals surface area contributed by atoms with Gasteiger partial charge in [-0.15, -0.1) is 0 Å². The average molecular weight is 241 g/mol. The molecule has 2 atom stereocenters. The summed E-state index contributed by atoms with van der Waals surface area (Å²) in [5.41, 5.74) is 0.754. The molecule has 18 heavy (non-hydrogen) atoms. The van der Waals surface area contributed by atoms with Gasteiger partial charge in [-0.2, -0.15) is 5.26 Å². The molecule has 1 aromatic heterocycles. The highest BCUT2D eigenvalue weighted by Gasteiger charge is 2.44. The molecule has 0 spiro atoms. The Hall–Kier alpha value is -2.22. The van der Waals surface area contributed by atoms with Crippen molar-refractivity contribution in [3.8, 4) is 6.07 Å². The maximum atomic E-state index is 12.2. The van der Waals surface area contributed by atoms with Crippen molar-refractivity contribution in [2.45, 2.75) is 25.3 Å². The lowest BCUT2D eigenvalue weighted by atomic mass is 10.0. The maximum Gasteiger partial charge on any atom is 0.263 e. The molecule has 5 nitrogen and oxygen atoms in total. The van der Waals surface area contributed by atoms with E-state index in [1.165, 1.54) is 17.3 Å². The molecule has 2 amide bonds. The number of fused-ring (bicyclic) bond motifs is 1. The van der Waals surface area contributed by atoms with E-state index < -0.39 is 0 Å². The fraction of sp³-hybridized carbons (Fsp3) is 0.385. The molecular weight excluding hydrogens is 230 g/mol. The summed E-state index contributed by atoms with van der Waals surface area (Å²) in [6, 6.07) is 3.48. The van der Waals surface area contributed by atoms with Crippen LogP contribution in [0.1, 0.15) is 40.0 Å². The van der Waals surface area contributed by atoms with E-state index in [9.17, 15) is 9.59 Å². The minimum absolute atomic E-state index is 0.236. The molecule has 1 saturated carbocycles. The second-order valence-corrected chi connectivity index (χ2v) is 4.64. The molecular formula is C13H11N3O2. The lowest BCUT2D eigenvalue weighted by molar-refractivity contribution is 0.0567. The zero-order chi connectivity index (χ0) is 12.7. The van der Waals surface area contributed by atoms with E-state index in [0.717, 1.165) is 19.3 Å². The third-order valence-corrected chi connectivity index (χ3v) is 3.70. The molecule has 0 aromatic carbocycles. The Bertz CT molecular complexity index is 541. The van der Waals surface area contributed by atoms with Crippen molar-refractivity contribution in [3.05, 3.63) is 29.6 Å². The van der Waals surface area contributed by atoms with E-state index >= 15 is 0 Å². The number of nitrogens with zero attached hydrogens (tertiary/aromatic N) is 3. The molecule has 0 saturated heterocycles. The summed E-state index contributed by atoms with van der Waals surface area (Å²) in [5.74, 6) is -0.833. The van der Waals surface area contributed by atoms with Crippen molar-refractivity contribution in [1.29, 1.82) is 5.26 Å². The lowest BCUT2D eigenvalue weighted by Crippen LogP contribution is -2.41. The quantitative estimate of drug-likeness (QED) is 0.696. The minimum Gasteiger partial charge on any atom is -0.270 e. The zero-order valence-electron chi connectivity index (χ0n) is 9.67. The van der Waals surface area contributed by atoms with Crippen LogP contribution in [0, 0.1) is 17.2 Å². The van der Waals surface area contributed by atoms with E-state index in [0.29, 0.717) is 11.1 Å². The second kappa shape index (κ2) is 3.91. The first-order valence-corrected chi connectivity index (χ1v) is 5.95. The molecule has 1 aliphatic heterocycles. The van der Waals surface area contributed by atoms with Crippen LogP contribution < -0.4 is 0 Å². The van der Waals surface area contributed by atoms with Crippen LogP contribution in [0.15, 0.2) is 18.5 Å². The van der Waals surface area contributed by atoms with Crippen LogP contribution in [-0.4, -0.2) is 27.7 Å². The summed E-state index contributed by atoms with van der Waals surface area (Å²) in [6.45, 7) is 0. The Morgan fingerprint density at radius 2 is 2.06 bits per heavy atom. The van der Waals surface area contributed by atoms with Gasteiger partial charge in [0.2, 0.25) is 0 Å². The molecule has 0 radical (unpaired) electrons. The van der Waals surface area contributed by atoms with Gasteiger partial charge in [0.05, 0.1) is 29.2 Å². The molecule has 5 heteroatoms. The van der Waals surface area contributed by atoms with E-state index in [4.69, 9.17) is 5.26 Å². The molecule has 1 aliphatic carbocycles. The smallest absolute Gasteiger partial charge is 0.263 e. The van der Waals surface area contributed by atoms with Gasteiger partial charge in [0.15, 0.2) is 0 Å². The van der Waals surface area contributed by atoms with Crippen LogP contribution in [-0.2, 0) is 0 Å². The third-order valence-electron chi connectivity index (χ3n) is 3.70. The molecule has 0 N–H and O–H groups in total. The summed E-state index contributed by atoms with van der Waals surface area (Å²) in [4.78, 5) is 29.6. The van der Waals surface area contributed by atoms with Crippen molar-refractivity contribution >= 4 is 11.8 Å². The van der Waals surface area contributed by atoms with Gasteiger partial charge in [-0.1, -0.05) is 0 Å². The molecule has 2 unspecified atom stereocenters. The Balaban J connectivity index is 2.00. The van der Waals surface area contributed by atoms with Crippen molar-refractivity contribution in [1.82, 2.24) is 9.88 Å². The lowest BCUT2D eigenvalue weighted by Gasteiger charge is -2.24. The molecule has 1 aromatic rings. The molecule has 2 aliphatic rings. The van der Waals surface area contributed by atoms with Gasteiger partial charge in [0.1, 0.15) is 0 Å². The number of rotatable bonds is 1. The number of nitriles is 1. The minimum atomic E-state index is -0.310. The van der Waals surface area contributed by atoms with Gasteiger partial charge in [0, 0.05) is 12.4 Å². The van der Waals surface area contributed by atoms with Crippen LogP contribution in [0.3, 0.4) is 0 Å². The first-order valence-electron chi connectivity index (χ1n) is 5.95. The van der Waals surface area contributed by atoms with Crippen LogP contribution >= 0.6 is 0 Å². The summed E-state index contributed by atoms with van der Waals surface area (Å²) in [6.07, 6.45) is 5.29. The number of imide groups is 1. The van der Waals surface area contributed by atoms with Gasteiger partial charge in [-0.05, 0) is 25.3 Å². The van der Waals surface area contributed by atoms with E-state index in [1.54, 1.807) is 6.07 Å². The van der Waals surface area contributed by atoms with Crippen LogP contribution in [0.4, 0.5) is 0 Å². The fourth-order valence-corrected chi connectivity index (χ4v) is 2.80. The van der Waals surface area contributed by atoms with Crippen LogP contribution in [0.25, 0.3) is 0 Å². The van der Waals surface area contributed by atoms with Crippen molar-refractivity contribution in [2.24, 2.45) is 5.92 Å². The van der Waals surface area contributed by atoms with E-state index in [-0.39, 0.29) is 23.8 Å². The first-order chi connectivity index (χ1) is 8.74. The largest absolute Gasteiger partial charge is 0.270 e. The van der Waals surface area contributed by atoms with Crippen molar-refractivity contribution < 1.29 is 9.59 Å². The Labute approximate surface area is 104 Å². The van der Waals surface area contributed by atoms with Gasteiger partial charge >= 0.3 is 0 Å². The number of carbonyl (C=O) groups excluding carboxylic acids is 2. The highest BCUT2D eigenvalue weighted by atomic mass is 16.2. The monoisotopic (exact) mass is 241 g/mol. The average Bonchev–Trinajstić information content (AvgIpc) is 2.95. The molecule has 2 heterocycles. The normalized spacial score (nSPS) is 26.3. The third kappa shape index (κ3) is 1.35. The topological polar surface area (TPSA) is 74.1 Å². The highest BCUT2D eigenvalue weighted by molar-refractivity contribution is 6.21. The number of hydrogen-bond donors (Lipinski definition) is 0. The first kappa shape index (κ1) is 10.9. The van der Waals surface area contributed by atoms with Gasteiger partial charge in [-0.25, -0.2) is 0 Å². The number of amides is 2. The molecule has 1 fully saturated rings. The predicted molar refractivity (Wildman–Crippen MR) is 61.5 cm³/mol. The van der Waals surface area contributed by atoms with Gasteiger partial charge in [0.25, 0.3) is 11.8 Å². The fourth-order valence-electron chi connectivity index (χ4n) is 2.80. The van der Waals surface area contributed by atoms with E-state index in [2.05, 4.69) is 11.1 Å². The van der Waals surface area contributed by atoms with Crippen LogP contribution in [0.2, 0.25) is 0 Å². The van der Waals surface area contributed by atoms with Gasteiger partial charge in [-0.3, -0.25) is 19.5 Å². The summed E-state index contributed by atoms with van der Waals surface area (Å²) in [7, 11) is 0. The Kier molecular flexibility index (Phi) is 2.37. The highest BCUT2D eigenvalue weighted by Crippen LogP contribution is 2.34.